The van der Waals surface area contributed by atoms with Crippen LogP contribution in [-0.4, -0.2) is 85.8 Å². The minimum absolute atomic E-state index is 0.0947. The monoisotopic (exact) mass is 395 g/mol. The average Bonchev–Trinajstić information content (AvgIpc) is 2.71. The minimum atomic E-state index is -0.823. The second-order valence-electron chi connectivity index (χ2n) is 6.54. The van der Waals surface area contributed by atoms with Gasteiger partial charge in [0.2, 0.25) is 0 Å². The van der Waals surface area contributed by atoms with Crippen LogP contribution in [0.2, 0.25) is 0 Å². The fourth-order valence-corrected chi connectivity index (χ4v) is 2.66. The van der Waals surface area contributed by atoms with E-state index in [1.165, 1.54) is 0 Å². The number of ether oxygens (including phenoxy) is 2. The number of carboxylic acids is 1. The summed E-state index contributed by atoms with van der Waals surface area (Å²) in [6.45, 7) is 3.87. The van der Waals surface area contributed by atoms with Crippen molar-refractivity contribution in [1.82, 2.24) is 15.5 Å². The lowest BCUT2D eigenvalue weighted by atomic mass is 10.1. The molecule has 0 unspecified atom stereocenters. The van der Waals surface area contributed by atoms with E-state index in [1.54, 1.807) is 17.0 Å². The van der Waals surface area contributed by atoms with Gasteiger partial charge in [-0.25, -0.2) is 4.79 Å². The van der Waals surface area contributed by atoms with Crippen molar-refractivity contribution in [2.75, 3.05) is 52.5 Å². The highest BCUT2D eigenvalue weighted by atomic mass is 16.5. The van der Waals surface area contributed by atoms with Crippen molar-refractivity contribution in [3.8, 4) is 5.75 Å². The lowest BCUT2D eigenvalue weighted by molar-refractivity contribution is -0.136. The predicted molar refractivity (Wildman–Crippen MR) is 103 cm³/mol. The fraction of sp³-hybridized carbons (Fsp3) is 0.579. The first kappa shape index (κ1) is 21.9. The van der Waals surface area contributed by atoms with Gasteiger partial charge in [-0.15, -0.1) is 0 Å². The van der Waals surface area contributed by atoms with E-state index < -0.39 is 12.1 Å². The zero-order chi connectivity index (χ0) is 20.2. The van der Waals surface area contributed by atoms with Crippen LogP contribution in [0.3, 0.4) is 0 Å². The standard InChI is InChI=1S/C19H29N3O6/c23-16(13-20-7-8-21-19(26)22-9-11-27-12-10-22)14-28-17-4-1-15(2-5-17)3-6-18(24)25/h1-2,4-5,16,20,23H,3,6-14H2,(H,21,26)(H,24,25)/t16-/m0/s1. The van der Waals surface area contributed by atoms with Gasteiger partial charge in [0, 0.05) is 39.1 Å². The van der Waals surface area contributed by atoms with Crippen LogP contribution in [0, 0.1) is 0 Å². The first-order valence-electron chi connectivity index (χ1n) is 9.47. The molecule has 1 aliphatic heterocycles. The molecule has 4 N–H and O–H groups in total. The zero-order valence-corrected chi connectivity index (χ0v) is 15.9. The van der Waals surface area contributed by atoms with Gasteiger partial charge in [-0.1, -0.05) is 12.1 Å². The topological polar surface area (TPSA) is 120 Å². The van der Waals surface area contributed by atoms with Crippen molar-refractivity contribution >= 4 is 12.0 Å². The van der Waals surface area contributed by atoms with Crippen molar-refractivity contribution in [3.63, 3.8) is 0 Å². The van der Waals surface area contributed by atoms with Gasteiger partial charge in [0.25, 0.3) is 0 Å². The molecule has 1 aliphatic rings. The number of urea groups is 1. The van der Waals surface area contributed by atoms with E-state index >= 15 is 0 Å². The quantitative estimate of drug-likeness (QED) is 0.392. The van der Waals surface area contributed by atoms with E-state index in [-0.39, 0.29) is 19.1 Å². The first-order chi connectivity index (χ1) is 13.5. The second-order valence-corrected chi connectivity index (χ2v) is 6.54. The number of amides is 2. The molecule has 0 bridgehead atoms. The molecule has 2 rings (SSSR count). The third-order valence-corrected chi connectivity index (χ3v) is 4.25. The largest absolute Gasteiger partial charge is 0.491 e. The summed E-state index contributed by atoms with van der Waals surface area (Å²) in [5, 5.41) is 24.5. The van der Waals surface area contributed by atoms with E-state index in [4.69, 9.17) is 14.6 Å². The van der Waals surface area contributed by atoms with Gasteiger partial charge in [-0.3, -0.25) is 4.79 Å². The fourth-order valence-electron chi connectivity index (χ4n) is 2.66. The van der Waals surface area contributed by atoms with E-state index in [2.05, 4.69) is 10.6 Å². The maximum Gasteiger partial charge on any atom is 0.317 e. The number of carboxylic acid groups (broad SMARTS) is 1. The molecule has 1 aromatic rings. The maximum absolute atomic E-state index is 11.9. The molecule has 0 aromatic heterocycles. The number of benzene rings is 1. The zero-order valence-electron chi connectivity index (χ0n) is 15.9. The minimum Gasteiger partial charge on any atom is -0.491 e. The third kappa shape index (κ3) is 8.55. The number of nitrogens with zero attached hydrogens (tertiary/aromatic N) is 1. The Labute approximate surface area is 164 Å². The van der Waals surface area contributed by atoms with Crippen molar-refractivity contribution in [2.45, 2.75) is 18.9 Å². The number of hydrogen-bond acceptors (Lipinski definition) is 6. The number of aryl methyl sites for hydroxylation is 1. The number of aliphatic carboxylic acids is 1. The Bertz CT molecular complexity index is 604. The van der Waals surface area contributed by atoms with Crippen molar-refractivity contribution < 1.29 is 29.3 Å². The van der Waals surface area contributed by atoms with E-state index in [0.29, 0.717) is 58.1 Å². The highest BCUT2D eigenvalue weighted by Crippen LogP contribution is 2.13. The number of nitrogens with one attached hydrogen (secondary N) is 2. The Hall–Kier alpha value is -2.36. The Kier molecular flexibility index (Phi) is 9.53. The van der Waals surface area contributed by atoms with E-state index in [0.717, 1.165) is 5.56 Å². The van der Waals surface area contributed by atoms with Gasteiger partial charge in [0.15, 0.2) is 0 Å². The summed E-state index contributed by atoms with van der Waals surface area (Å²) in [4.78, 5) is 24.2. The maximum atomic E-state index is 11.9. The van der Waals surface area contributed by atoms with Crippen LogP contribution in [-0.2, 0) is 16.0 Å². The number of aliphatic hydroxyl groups excluding tert-OH is 1. The summed E-state index contributed by atoms with van der Waals surface area (Å²) in [5.41, 5.74) is 0.927. The van der Waals surface area contributed by atoms with Crippen LogP contribution in [0.15, 0.2) is 24.3 Å². The summed E-state index contributed by atoms with van der Waals surface area (Å²) in [6.07, 6.45) is -0.108. The molecular weight excluding hydrogens is 366 g/mol. The van der Waals surface area contributed by atoms with Gasteiger partial charge < -0.3 is 35.2 Å². The lowest BCUT2D eigenvalue weighted by Gasteiger charge is -2.27. The number of rotatable bonds is 11. The smallest absolute Gasteiger partial charge is 0.317 e. The normalized spacial score (nSPS) is 15.1. The molecule has 9 heteroatoms. The van der Waals surface area contributed by atoms with E-state index in [1.807, 2.05) is 12.1 Å². The van der Waals surface area contributed by atoms with Gasteiger partial charge in [0.1, 0.15) is 18.5 Å². The number of morpholine rings is 1. The van der Waals surface area contributed by atoms with Crippen LogP contribution in [0.25, 0.3) is 0 Å². The highest BCUT2D eigenvalue weighted by molar-refractivity contribution is 5.74. The summed E-state index contributed by atoms with van der Waals surface area (Å²) >= 11 is 0. The molecule has 1 heterocycles. The Balaban J connectivity index is 1.53. The number of carbonyl (C=O) groups is 2. The summed E-state index contributed by atoms with van der Waals surface area (Å²) in [7, 11) is 0. The molecule has 0 saturated carbocycles. The first-order valence-corrected chi connectivity index (χ1v) is 9.47. The van der Waals surface area contributed by atoms with Crippen LogP contribution in [0.5, 0.6) is 5.75 Å². The average molecular weight is 395 g/mol. The molecular formula is C19H29N3O6. The molecule has 1 saturated heterocycles. The van der Waals surface area contributed by atoms with Crippen molar-refractivity contribution in [2.24, 2.45) is 0 Å². The predicted octanol–water partition coefficient (Wildman–Crippen LogP) is 0.0749. The van der Waals surface area contributed by atoms with Gasteiger partial charge >= 0.3 is 12.0 Å². The van der Waals surface area contributed by atoms with E-state index in [9.17, 15) is 14.7 Å². The van der Waals surface area contributed by atoms with Gasteiger partial charge in [-0.2, -0.15) is 0 Å². The van der Waals surface area contributed by atoms with Crippen LogP contribution in [0.4, 0.5) is 4.79 Å². The van der Waals surface area contributed by atoms with Gasteiger partial charge in [0.05, 0.1) is 13.2 Å². The number of hydrogen-bond donors (Lipinski definition) is 4. The SMILES string of the molecule is O=C(O)CCc1ccc(OC[C@@H](O)CNCCNC(=O)N2CCOCC2)cc1. The summed E-state index contributed by atoms with van der Waals surface area (Å²) in [5.74, 6) is -0.201. The number of aliphatic hydroxyl groups is 1. The van der Waals surface area contributed by atoms with Crippen LogP contribution >= 0.6 is 0 Å². The molecule has 0 aliphatic carbocycles. The number of carbonyl (C=O) groups excluding carboxylic acids is 1. The molecule has 0 radical (unpaired) electrons. The van der Waals surface area contributed by atoms with Crippen molar-refractivity contribution in [1.29, 1.82) is 0 Å². The molecule has 9 nitrogen and oxygen atoms in total. The molecule has 28 heavy (non-hydrogen) atoms. The summed E-state index contributed by atoms with van der Waals surface area (Å²) < 4.78 is 10.7. The molecule has 0 spiro atoms. The van der Waals surface area contributed by atoms with Gasteiger partial charge in [-0.05, 0) is 24.1 Å². The lowest BCUT2D eigenvalue weighted by Crippen LogP contribution is -2.47. The third-order valence-electron chi connectivity index (χ3n) is 4.25. The Morgan fingerprint density at radius 2 is 1.89 bits per heavy atom. The molecule has 2 amide bonds. The Morgan fingerprint density at radius 3 is 2.57 bits per heavy atom. The second kappa shape index (κ2) is 12.2. The van der Waals surface area contributed by atoms with Crippen LogP contribution < -0.4 is 15.4 Å². The molecule has 1 fully saturated rings. The summed E-state index contributed by atoms with van der Waals surface area (Å²) in [6, 6.07) is 7.07. The molecule has 156 valence electrons. The highest BCUT2D eigenvalue weighted by Gasteiger charge is 2.15. The Morgan fingerprint density at radius 1 is 1.18 bits per heavy atom. The molecule has 1 aromatic carbocycles. The molecule has 1 atom stereocenters. The van der Waals surface area contributed by atoms with Crippen LogP contribution in [0.1, 0.15) is 12.0 Å². The van der Waals surface area contributed by atoms with Crippen molar-refractivity contribution in [3.05, 3.63) is 29.8 Å².